The zero-order chi connectivity index (χ0) is 14.2. The highest BCUT2D eigenvalue weighted by molar-refractivity contribution is 5.85. The molecule has 0 radical (unpaired) electrons. The molecule has 2 saturated heterocycles. The van der Waals surface area contributed by atoms with Crippen molar-refractivity contribution in [2.45, 2.75) is 38.2 Å². The average molecular weight is 321 g/mol. The second kappa shape index (κ2) is 10.4. The van der Waals surface area contributed by atoms with Gasteiger partial charge in [0.1, 0.15) is 6.61 Å². The fourth-order valence-corrected chi connectivity index (χ4v) is 2.94. The highest BCUT2D eigenvalue weighted by atomic mass is 35.5. The minimum Gasteiger partial charge on any atom is -0.381 e. The smallest absolute Gasteiger partial charge is 0.248 e. The zero-order valence-electron chi connectivity index (χ0n) is 13.0. The van der Waals surface area contributed by atoms with Crippen LogP contribution in [0.4, 0.5) is 0 Å². The van der Waals surface area contributed by atoms with Gasteiger partial charge in [0, 0.05) is 26.3 Å². The molecule has 2 fully saturated rings. The molecule has 124 valence electrons. The van der Waals surface area contributed by atoms with Crippen LogP contribution >= 0.6 is 12.4 Å². The number of hydrogen-bond acceptors (Lipinski definition) is 4. The van der Waals surface area contributed by atoms with E-state index in [1.165, 1.54) is 6.42 Å². The predicted octanol–water partition coefficient (Wildman–Crippen LogP) is 1.45. The summed E-state index contributed by atoms with van der Waals surface area (Å²) >= 11 is 0. The minimum atomic E-state index is 0. The molecule has 0 aliphatic carbocycles. The lowest BCUT2D eigenvalue weighted by Crippen LogP contribution is -2.41. The summed E-state index contributed by atoms with van der Waals surface area (Å²) in [6.45, 7) is 4.62. The highest BCUT2D eigenvalue weighted by Crippen LogP contribution is 2.20. The molecule has 0 unspecified atom stereocenters. The molecule has 2 aliphatic heterocycles. The summed E-state index contributed by atoms with van der Waals surface area (Å²) < 4.78 is 11.0. The number of rotatable bonds is 6. The number of carbonyl (C=O) groups excluding carboxylic acids is 1. The Labute approximate surface area is 134 Å². The van der Waals surface area contributed by atoms with Gasteiger partial charge in [0.15, 0.2) is 0 Å². The molecule has 6 heteroatoms. The summed E-state index contributed by atoms with van der Waals surface area (Å²) in [7, 11) is 1.99. The Kier molecular flexibility index (Phi) is 9.24. The quantitative estimate of drug-likeness (QED) is 0.805. The molecular weight excluding hydrogens is 292 g/mol. The second-order valence-electron chi connectivity index (χ2n) is 5.84. The van der Waals surface area contributed by atoms with Crippen LogP contribution in [0.1, 0.15) is 32.1 Å². The summed E-state index contributed by atoms with van der Waals surface area (Å²) in [6, 6.07) is 0. The molecule has 1 N–H and O–H groups in total. The maximum absolute atomic E-state index is 12.1. The first kappa shape index (κ1) is 18.7. The first-order valence-corrected chi connectivity index (χ1v) is 7.91. The van der Waals surface area contributed by atoms with E-state index in [-0.39, 0.29) is 31.0 Å². The molecule has 1 amide bonds. The summed E-state index contributed by atoms with van der Waals surface area (Å²) in [5.74, 6) is 0.923. The van der Waals surface area contributed by atoms with Crippen molar-refractivity contribution in [3.63, 3.8) is 0 Å². The standard InChI is InChI=1S/C15H28N2O3.ClH/c1-16-7-2-13-3-8-17(9-4-13)15(18)12-20-14-5-10-19-11-6-14;/h13-14,16H,2-12H2,1H3;1H. The summed E-state index contributed by atoms with van der Waals surface area (Å²) in [4.78, 5) is 14.1. The van der Waals surface area contributed by atoms with Gasteiger partial charge in [-0.2, -0.15) is 0 Å². The van der Waals surface area contributed by atoms with Crippen LogP contribution in [0.2, 0.25) is 0 Å². The predicted molar refractivity (Wildman–Crippen MR) is 84.9 cm³/mol. The van der Waals surface area contributed by atoms with E-state index < -0.39 is 0 Å². The fourth-order valence-electron chi connectivity index (χ4n) is 2.94. The first-order valence-electron chi connectivity index (χ1n) is 7.91. The SMILES string of the molecule is CNCCC1CCN(C(=O)COC2CCOCC2)CC1.Cl. The number of piperidine rings is 1. The van der Waals surface area contributed by atoms with Crippen molar-refractivity contribution in [1.29, 1.82) is 0 Å². The number of nitrogens with one attached hydrogen (secondary N) is 1. The van der Waals surface area contributed by atoms with Gasteiger partial charge in [-0.3, -0.25) is 4.79 Å². The van der Waals surface area contributed by atoms with Crippen LogP contribution in [0.3, 0.4) is 0 Å². The van der Waals surface area contributed by atoms with Gasteiger partial charge in [0.2, 0.25) is 5.91 Å². The highest BCUT2D eigenvalue weighted by Gasteiger charge is 2.23. The van der Waals surface area contributed by atoms with Crippen molar-refractivity contribution < 1.29 is 14.3 Å². The molecule has 5 nitrogen and oxygen atoms in total. The molecule has 2 aliphatic rings. The topological polar surface area (TPSA) is 50.8 Å². The van der Waals surface area contributed by atoms with Crippen molar-refractivity contribution in [3.05, 3.63) is 0 Å². The molecule has 0 saturated carbocycles. The number of likely N-dealkylation sites (tertiary alicyclic amines) is 1. The van der Waals surface area contributed by atoms with Crippen LogP contribution in [0.25, 0.3) is 0 Å². The maximum Gasteiger partial charge on any atom is 0.248 e. The van der Waals surface area contributed by atoms with E-state index in [4.69, 9.17) is 9.47 Å². The molecule has 0 aromatic heterocycles. The molecule has 21 heavy (non-hydrogen) atoms. The largest absolute Gasteiger partial charge is 0.381 e. The Hall–Kier alpha value is -0.360. The van der Waals surface area contributed by atoms with Crippen LogP contribution in [-0.4, -0.2) is 63.4 Å². The number of nitrogens with zero attached hydrogens (tertiary/aromatic N) is 1. The van der Waals surface area contributed by atoms with E-state index in [2.05, 4.69) is 5.32 Å². The van der Waals surface area contributed by atoms with Gasteiger partial charge in [-0.1, -0.05) is 0 Å². The van der Waals surface area contributed by atoms with E-state index in [9.17, 15) is 4.79 Å². The molecular formula is C15H29ClN2O3. The lowest BCUT2D eigenvalue weighted by Gasteiger charge is -2.32. The number of halogens is 1. The number of ether oxygens (including phenoxy) is 2. The number of amides is 1. The molecule has 0 atom stereocenters. The normalized spacial score (nSPS) is 21.1. The third-order valence-corrected chi connectivity index (χ3v) is 4.38. The van der Waals surface area contributed by atoms with E-state index in [1.54, 1.807) is 0 Å². The van der Waals surface area contributed by atoms with E-state index in [1.807, 2.05) is 11.9 Å². The van der Waals surface area contributed by atoms with Crippen LogP contribution in [0.15, 0.2) is 0 Å². The van der Waals surface area contributed by atoms with Crippen molar-refractivity contribution in [2.24, 2.45) is 5.92 Å². The Balaban J connectivity index is 0.00000220. The third-order valence-electron chi connectivity index (χ3n) is 4.38. The summed E-state index contributed by atoms with van der Waals surface area (Å²) in [5, 5.41) is 3.19. The second-order valence-corrected chi connectivity index (χ2v) is 5.84. The van der Waals surface area contributed by atoms with Crippen LogP contribution in [0, 0.1) is 5.92 Å². The van der Waals surface area contributed by atoms with Gasteiger partial charge in [-0.05, 0) is 51.6 Å². The third kappa shape index (κ3) is 6.51. The maximum atomic E-state index is 12.1. The van der Waals surface area contributed by atoms with Crippen molar-refractivity contribution in [2.75, 3.05) is 46.5 Å². The first-order chi connectivity index (χ1) is 9.79. The van der Waals surface area contributed by atoms with Crippen molar-refractivity contribution in [1.82, 2.24) is 10.2 Å². The Morgan fingerprint density at radius 3 is 2.52 bits per heavy atom. The van der Waals surface area contributed by atoms with E-state index in [0.717, 1.165) is 64.4 Å². The minimum absolute atomic E-state index is 0. The van der Waals surface area contributed by atoms with Crippen molar-refractivity contribution in [3.8, 4) is 0 Å². The molecule has 2 heterocycles. The zero-order valence-corrected chi connectivity index (χ0v) is 13.8. The monoisotopic (exact) mass is 320 g/mol. The Morgan fingerprint density at radius 2 is 1.90 bits per heavy atom. The Morgan fingerprint density at radius 1 is 1.24 bits per heavy atom. The number of carbonyl (C=O) groups is 1. The van der Waals surface area contributed by atoms with E-state index >= 15 is 0 Å². The summed E-state index contributed by atoms with van der Waals surface area (Å²) in [6.07, 6.45) is 5.52. The van der Waals surface area contributed by atoms with Gasteiger partial charge in [-0.15, -0.1) is 12.4 Å². The van der Waals surface area contributed by atoms with Gasteiger partial charge in [-0.25, -0.2) is 0 Å². The van der Waals surface area contributed by atoms with Crippen LogP contribution in [-0.2, 0) is 14.3 Å². The van der Waals surface area contributed by atoms with Crippen LogP contribution in [0.5, 0.6) is 0 Å². The molecule has 0 aromatic carbocycles. The number of hydrogen-bond donors (Lipinski definition) is 1. The van der Waals surface area contributed by atoms with Gasteiger partial charge in [0.05, 0.1) is 6.10 Å². The molecule has 0 bridgehead atoms. The molecule has 0 spiro atoms. The van der Waals surface area contributed by atoms with E-state index in [0.29, 0.717) is 0 Å². The van der Waals surface area contributed by atoms with Gasteiger partial charge < -0.3 is 19.7 Å². The Bertz CT molecular complexity index is 291. The average Bonchev–Trinajstić information content (AvgIpc) is 2.52. The lowest BCUT2D eigenvalue weighted by molar-refractivity contribution is -0.141. The molecule has 2 rings (SSSR count). The van der Waals surface area contributed by atoms with Crippen LogP contribution < -0.4 is 5.32 Å². The fraction of sp³-hybridized carbons (Fsp3) is 0.933. The summed E-state index contributed by atoms with van der Waals surface area (Å²) in [5.41, 5.74) is 0. The lowest BCUT2D eigenvalue weighted by atomic mass is 9.93. The van der Waals surface area contributed by atoms with Gasteiger partial charge in [0.25, 0.3) is 0 Å². The van der Waals surface area contributed by atoms with Gasteiger partial charge >= 0.3 is 0 Å². The van der Waals surface area contributed by atoms with Crippen molar-refractivity contribution >= 4 is 18.3 Å². The molecule has 0 aromatic rings.